The van der Waals surface area contributed by atoms with E-state index >= 15 is 0 Å². The van der Waals surface area contributed by atoms with Crippen molar-refractivity contribution < 1.29 is 23.1 Å². The Labute approximate surface area is 200 Å². The zero-order valence-electron chi connectivity index (χ0n) is 17.7. The number of furan rings is 1. The first-order valence-corrected chi connectivity index (χ1v) is 11.6. The highest BCUT2D eigenvalue weighted by molar-refractivity contribution is 8.27. The van der Waals surface area contributed by atoms with Crippen LogP contribution >= 0.6 is 24.0 Å². The Morgan fingerprint density at radius 1 is 1.18 bits per heavy atom. The predicted molar refractivity (Wildman–Crippen MR) is 131 cm³/mol. The number of hydrogen-bond donors (Lipinski definition) is 0. The fourth-order valence-electron chi connectivity index (χ4n) is 3.18. The molecule has 0 radical (unpaired) electrons. The summed E-state index contributed by atoms with van der Waals surface area (Å²) in [5.41, 5.74) is 1.64. The van der Waals surface area contributed by atoms with Gasteiger partial charge in [-0.25, -0.2) is 9.18 Å². The molecule has 1 amide bonds. The summed E-state index contributed by atoms with van der Waals surface area (Å²) < 4.78 is 25.0. The SMILES string of the molecule is CCCCOC(=O)c1ccc(-c2ccc(/C=C3\SC(=S)N(c4cccc(F)c4)C3=O)o2)cc1. The van der Waals surface area contributed by atoms with Crippen LogP contribution in [0.2, 0.25) is 0 Å². The number of anilines is 1. The van der Waals surface area contributed by atoms with Crippen LogP contribution in [0.4, 0.5) is 10.1 Å². The molecule has 33 heavy (non-hydrogen) atoms. The molecule has 3 aromatic rings. The van der Waals surface area contributed by atoms with Gasteiger partial charge in [-0.1, -0.05) is 55.5 Å². The van der Waals surface area contributed by atoms with Gasteiger partial charge in [-0.3, -0.25) is 9.69 Å². The number of unbranched alkanes of at least 4 members (excludes halogenated alkanes) is 1. The van der Waals surface area contributed by atoms with Crippen LogP contribution in [0.25, 0.3) is 17.4 Å². The maximum absolute atomic E-state index is 13.6. The Morgan fingerprint density at radius 2 is 1.97 bits per heavy atom. The molecule has 1 fully saturated rings. The molecule has 0 bridgehead atoms. The van der Waals surface area contributed by atoms with E-state index in [0.717, 1.165) is 30.2 Å². The van der Waals surface area contributed by atoms with Crippen molar-refractivity contribution in [2.45, 2.75) is 19.8 Å². The van der Waals surface area contributed by atoms with Crippen LogP contribution in [-0.4, -0.2) is 22.8 Å². The van der Waals surface area contributed by atoms with Crippen LogP contribution in [-0.2, 0) is 9.53 Å². The van der Waals surface area contributed by atoms with Gasteiger partial charge in [-0.05, 0) is 48.9 Å². The van der Waals surface area contributed by atoms with E-state index in [2.05, 4.69) is 0 Å². The van der Waals surface area contributed by atoms with Gasteiger partial charge in [0.2, 0.25) is 0 Å². The lowest BCUT2D eigenvalue weighted by Gasteiger charge is -2.14. The topological polar surface area (TPSA) is 59.8 Å². The van der Waals surface area contributed by atoms with Crippen LogP contribution in [0.1, 0.15) is 35.9 Å². The third kappa shape index (κ3) is 5.23. The molecule has 0 spiro atoms. The van der Waals surface area contributed by atoms with Gasteiger partial charge in [0.1, 0.15) is 17.3 Å². The molecular weight excluding hydrogens is 461 g/mol. The van der Waals surface area contributed by atoms with Gasteiger partial charge in [0.15, 0.2) is 4.32 Å². The predicted octanol–water partition coefficient (Wildman–Crippen LogP) is 6.45. The van der Waals surface area contributed by atoms with Crippen molar-refractivity contribution >= 4 is 51.9 Å². The molecule has 4 rings (SSSR count). The summed E-state index contributed by atoms with van der Waals surface area (Å²) in [5.74, 6) is -0.0584. The van der Waals surface area contributed by atoms with Gasteiger partial charge < -0.3 is 9.15 Å². The molecule has 2 heterocycles. The number of benzene rings is 2. The molecule has 1 aliphatic rings. The summed E-state index contributed by atoms with van der Waals surface area (Å²) in [7, 11) is 0. The highest BCUT2D eigenvalue weighted by atomic mass is 32.2. The number of esters is 1. The van der Waals surface area contributed by atoms with Gasteiger partial charge in [-0.2, -0.15) is 0 Å². The van der Waals surface area contributed by atoms with Gasteiger partial charge in [0, 0.05) is 11.6 Å². The van der Waals surface area contributed by atoms with Crippen molar-refractivity contribution in [1.29, 1.82) is 0 Å². The number of thioether (sulfide) groups is 1. The van der Waals surface area contributed by atoms with Crippen LogP contribution < -0.4 is 4.90 Å². The molecule has 0 unspecified atom stereocenters. The van der Waals surface area contributed by atoms with Gasteiger partial charge in [0.25, 0.3) is 5.91 Å². The molecule has 0 N–H and O–H groups in total. The molecule has 0 aliphatic carbocycles. The smallest absolute Gasteiger partial charge is 0.338 e. The maximum atomic E-state index is 13.6. The maximum Gasteiger partial charge on any atom is 0.338 e. The molecule has 1 saturated heterocycles. The zero-order valence-corrected chi connectivity index (χ0v) is 19.4. The van der Waals surface area contributed by atoms with Crippen molar-refractivity contribution in [3.8, 4) is 11.3 Å². The fraction of sp³-hybridized carbons (Fsp3) is 0.160. The third-order valence-corrected chi connectivity index (χ3v) is 6.20. The number of carbonyl (C=O) groups is 2. The number of hydrogen-bond acceptors (Lipinski definition) is 6. The fourth-order valence-corrected chi connectivity index (χ4v) is 4.46. The lowest BCUT2D eigenvalue weighted by Crippen LogP contribution is -2.27. The number of halogens is 1. The van der Waals surface area contributed by atoms with E-state index < -0.39 is 5.82 Å². The van der Waals surface area contributed by atoms with E-state index in [0.29, 0.717) is 38.6 Å². The van der Waals surface area contributed by atoms with E-state index in [4.69, 9.17) is 21.4 Å². The largest absolute Gasteiger partial charge is 0.462 e. The Balaban J connectivity index is 1.48. The number of carbonyl (C=O) groups excluding carboxylic acids is 2. The van der Waals surface area contributed by atoms with Crippen LogP contribution in [0.5, 0.6) is 0 Å². The molecular formula is C25H20FNO4S2. The first kappa shape index (κ1) is 22.9. The van der Waals surface area contributed by atoms with Gasteiger partial charge >= 0.3 is 5.97 Å². The number of rotatable bonds is 7. The van der Waals surface area contributed by atoms with E-state index in [1.54, 1.807) is 48.5 Å². The molecule has 168 valence electrons. The van der Waals surface area contributed by atoms with Crippen molar-refractivity contribution in [3.05, 3.63) is 82.7 Å². The van der Waals surface area contributed by atoms with E-state index in [1.165, 1.54) is 23.1 Å². The number of amides is 1. The van der Waals surface area contributed by atoms with Crippen molar-refractivity contribution in [2.75, 3.05) is 11.5 Å². The second-order valence-electron chi connectivity index (χ2n) is 7.27. The van der Waals surface area contributed by atoms with E-state index in [-0.39, 0.29) is 11.9 Å². The molecule has 1 aromatic heterocycles. The second kappa shape index (κ2) is 10.1. The molecule has 2 aromatic carbocycles. The summed E-state index contributed by atoms with van der Waals surface area (Å²) in [6, 6.07) is 16.2. The third-order valence-electron chi connectivity index (χ3n) is 4.90. The molecule has 5 nitrogen and oxygen atoms in total. The van der Waals surface area contributed by atoms with Gasteiger partial charge in [0.05, 0.1) is 22.8 Å². The van der Waals surface area contributed by atoms with Gasteiger partial charge in [-0.15, -0.1) is 0 Å². The summed E-state index contributed by atoms with van der Waals surface area (Å²) in [4.78, 5) is 26.6. The lowest BCUT2D eigenvalue weighted by atomic mass is 10.1. The monoisotopic (exact) mass is 481 g/mol. The summed E-state index contributed by atoms with van der Waals surface area (Å²) in [6.07, 6.45) is 3.41. The minimum Gasteiger partial charge on any atom is -0.462 e. The first-order valence-electron chi connectivity index (χ1n) is 10.4. The number of ether oxygens (including phenoxy) is 1. The molecule has 0 saturated carbocycles. The van der Waals surface area contributed by atoms with Crippen molar-refractivity contribution in [3.63, 3.8) is 0 Å². The molecule has 8 heteroatoms. The van der Waals surface area contributed by atoms with Crippen LogP contribution in [0.3, 0.4) is 0 Å². The standard InChI is InChI=1S/C25H20FNO4S2/c1-2-3-13-30-24(29)17-9-7-16(8-10-17)21-12-11-20(31-21)15-22-23(28)27(25(32)33-22)19-6-4-5-18(26)14-19/h4-12,14-15H,2-3,13H2,1H3/b22-15-. The van der Waals surface area contributed by atoms with Crippen LogP contribution in [0.15, 0.2) is 70.0 Å². The Kier molecular flexibility index (Phi) is 7.05. The minimum atomic E-state index is -0.443. The lowest BCUT2D eigenvalue weighted by molar-refractivity contribution is -0.113. The summed E-state index contributed by atoms with van der Waals surface area (Å²) in [5, 5.41) is 0. The summed E-state index contributed by atoms with van der Waals surface area (Å²) >= 11 is 6.45. The highest BCUT2D eigenvalue weighted by Gasteiger charge is 2.33. The zero-order chi connectivity index (χ0) is 23.4. The van der Waals surface area contributed by atoms with Crippen LogP contribution in [0, 0.1) is 5.82 Å². The normalized spacial score (nSPS) is 14.8. The first-order chi connectivity index (χ1) is 16.0. The average Bonchev–Trinajstić information content (AvgIpc) is 3.38. The second-order valence-corrected chi connectivity index (χ2v) is 8.94. The Hall–Kier alpha value is -3.23. The highest BCUT2D eigenvalue weighted by Crippen LogP contribution is 2.36. The quantitative estimate of drug-likeness (QED) is 0.167. The Bertz CT molecular complexity index is 1230. The minimum absolute atomic E-state index is 0.324. The molecule has 1 aliphatic heterocycles. The number of thiocarbonyl (C=S) groups is 1. The van der Waals surface area contributed by atoms with E-state index in [9.17, 15) is 14.0 Å². The van der Waals surface area contributed by atoms with Crippen molar-refractivity contribution in [2.24, 2.45) is 0 Å². The molecule has 0 atom stereocenters. The summed E-state index contributed by atoms with van der Waals surface area (Å²) in [6.45, 7) is 2.44. The average molecular weight is 482 g/mol. The van der Waals surface area contributed by atoms with E-state index in [1.807, 2.05) is 6.92 Å². The number of nitrogens with zero attached hydrogens (tertiary/aromatic N) is 1. The Morgan fingerprint density at radius 3 is 2.70 bits per heavy atom. The van der Waals surface area contributed by atoms with Crippen molar-refractivity contribution in [1.82, 2.24) is 0 Å².